The molecule has 0 spiro atoms. The third kappa shape index (κ3) is 3.22. The number of amides is 1. The van der Waals surface area contributed by atoms with Crippen molar-refractivity contribution in [1.82, 2.24) is 4.90 Å². The minimum Gasteiger partial charge on any atom is -0.399 e. The minimum absolute atomic E-state index is 0.0556. The summed E-state index contributed by atoms with van der Waals surface area (Å²) in [6.07, 6.45) is 0.868. The molecule has 3 nitrogen and oxygen atoms in total. The largest absolute Gasteiger partial charge is 0.399 e. The highest BCUT2D eigenvalue weighted by atomic mass is 16.2. The molecule has 0 aliphatic rings. The SMILES string of the molecule is CCC(C)C(=O)N(C)C(C)c1cccc(N)c1. The lowest BCUT2D eigenvalue weighted by Gasteiger charge is -2.28. The highest BCUT2D eigenvalue weighted by Crippen LogP contribution is 2.22. The first-order valence-electron chi connectivity index (χ1n) is 6.09. The molecule has 0 aliphatic heterocycles. The molecular formula is C14H22N2O. The van der Waals surface area contributed by atoms with Crippen LogP contribution in [-0.2, 0) is 4.79 Å². The molecule has 0 saturated carbocycles. The Bertz CT molecular complexity index is 390. The topological polar surface area (TPSA) is 46.3 Å². The molecule has 0 radical (unpaired) electrons. The maximum absolute atomic E-state index is 12.1. The van der Waals surface area contributed by atoms with Gasteiger partial charge in [0.25, 0.3) is 0 Å². The monoisotopic (exact) mass is 234 g/mol. The fraction of sp³-hybridized carbons (Fsp3) is 0.500. The van der Waals surface area contributed by atoms with Crippen molar-refractivity contribution >= 4 is 11.6 Å². The average Bonchev–Trinajstić information content (AvgIpc) is 2.35. The Balaban J connectivity index is 2.82. The Labute approximate surface area is 104 Å². The molecule has 0 bridgehead atoms. The van der Waals surface area contributed by atoms with Crippen molar-refractivity contribution in [1.29, 1.82) is 0 Å². The molecule has 3 heteroatoms. The van der Waals surface area contributed by atoms with Gasteiger partial charge in [0.05, 0.1) is 6.04 Å². The van der Waals surface area contributed by atoms with Crippen LogP contribution >= 0.6 is 0 Å². The molecule has 0 saturated heterocycles. The highest BCUT2D eigenvalue weighted by Gasteiger charge is 2.21. The average molecular weight is 234 g/mol. The van der Waals surface area contributed by atoms with Gasteiger partial charge in [0.15, 0.2) is 0 Å². The van der Waals surface area contributed by atoms with E-state index in [0.717, 1.165) is 17.7 Å². The van der Waals surface area contributed by atoms with Gasteiger partial charge in [-0.1, -0.05) is 26.0 Å². The van der Waals surface area contributed by atoms with Gasteiger partial charge in [-0.15, -0.1) is 0 Å². The fourth-order valence-electron chi connectivity index (χ4n) is 1.76. The molecule has 1 aromatic rings. The molecule has 0 heterocycles. The summed E-state index contributed by atoms with van der Waals surface area (Å²) >= 11 is 0. The van der Waals surface area contributed by atoms with E-state index in [2.05, 4.69) is 0 Å². The number of hydrogen-bond acceptors (Lipinski definition) is 2. The number of anilines is 1. The molecular weight excluding hydrogens is 212 g/mol. The lowest BCUT2D eigenvalue weighted by Crippen LogP contribution is -2.33. The quantitative estimate of drug-likeness (QED) is 0.814. The van der Waals surface area contributed by atoms with Crippen molar-refractivity contribution in [3.63, 3.8) is 0 Å². The van der Waals surface area contributed by atoms with Gasteiger partial charge in [-0.3, -0.25) is 4.79 Å². The molecule has 0 aliphatic carbocycles. The predicted octanol–water partition coefficient (Wildman–Crippen LogP) is 2.83. The van der Waals surface area contributed by atoms with Crippen LogP contribution in [0.25, 0.3) is 0 Å². The van der Waals surface area contributed by atoms with Gasteiger partial charge < -0.3 is 10.6 Å². The first-order chi connectivity index (χ1) is 7.97. The van der Waals surface area contributed by atoms with Crippen LogP contribution in [0.1, 0.15) is 38.8 Å². The minimum atomic E-state index is 0.0556. The van der Waals surface area contributed by atoms with E-state index in [1.54, 1.807) is 4.90 Å². The van der Waals surface area contributed by atoms with Gasteiger partial charge in [-0.05, 0) is 31.0 Å². The normalized spacial score (nSPS) is 14.1. The number of carbonyl (C=O) groups excluding carboxylic acids is 1. The lowest BCUT2D eigenvalue weighted by molar-refractivity contribution is -0.135. The van der Waals surface area contributed by atoms with E-state index in [0.29, 0.717) is 0 Å². The molecule has 2 N–H and O–H groups in total. The van der Waals surface area contributed by atoms with E-state index in [9.17, 15) is 4.79 Å². The Morgan fingerprint density at radius 1 is 1.41 bits per heavy atom. The van der Waals surface area contributed by atoms with Crippen molar-refractivity contribution < 1.29 is 4.79 Å². The smallest absolute Gasteiger partial charge is 0.225 e. The Hall–Kier alpha value is -1.51. The van der Waals surface area contributed by atoms with Gasteiger partial charge >= 0.3 is 0 Å². The summed E-state index contributed by atoms with van der Waals surface area (Å²) in [6, 6.07) is 7.75. The van der Waals surface area contributed by atoms with Crippen molar-refractivity contribution in [2.24, 2.45) is 5.92 Å². The standard InChI is InChI=1S/C14H22N2O/c1-5-10(2)14(17)16(4)11(3)12-7-6-8-13(15)9-12/h6-11H,5,15H2,1-4H3. The third-order valence-electron chi connectivity index (χ3n) is 3.36. The second-order valence-electron chi connectivity index (χ2n) is 4.60. The predicted molar refractivity (Wildman–Crippen MR) is 71.5 cm³/mol. The van der Waals surface area contributed by atoms with Crippen LogP contribution in [0.2, 0.25) is 0 Å². The summed E-state index contributed by atoms with van der Waals surface area (Å²) in [7, 11) is 1.85. The van der Waals surface area contributed by atoms with Gasteiger partial charge in [-0.25, -0.2) is 0 Å². The van der Waals surface area contributed by atoms with Crippen molar-refractivity contribution in [3.8, 4) is 0 Å². The van der Waals surface area contributed by atoms with Crippen LogP contribution < -0.4 is 5.73 Å². The maximum atomic E-state index is 12.1. The highest BCUT2D eigenvalue weighted by molar-refractivity contribution is 5.78. The molecule has 94 valence electrons. The van der Waals surface area contributed by atoms with Crippen LogP contribution in [0.4, 0.5) is 5.69 Å². The zero-order valence-corrected chi connectivity index (χ0v) is 11.1. The van der Waals surface area contributed by atoms with Gasteiger partial charge in [0, 0.05) is 18.7 Å². The Kier molecular flexibility index (Phi) is 4.55. The summed E-state index contributed by atoms with van der Waals surface area (Å²) in [4.78, 5) is 13.9. The van der Waals surface area contributed by atoms with E-state index in [4.69, 9.17) is 5.73 Å². The summed E-state index contributed by atoms with van der Waals surface area (Å²) in [5, 5.41) is 0. The second kappa shape index (κ2) is 5.71. The van der Waals surface area contributed by atoms with Crippen LogP contribution in [-0.4, -0.2) is 17.9 Å². The summed E-state index contributed by atoms with van der Waals surface area (Å²) < 4.78 is 0. The van der Waals surface area contributed by atoms with Crippen LogP contribution in [0, 0.1) is 5.92 Å². The molecule has 0 aromatic heterocycles. The van der Waals surface area contributed by atoms with Crippen molar-refractivity contribution in [2.75, 3.05) is 12.8 Å². The number of nitrogens with zero attached hydrogens (tertiary/aromatic N) is 1. The van der Waals surface area contributed by atoms with Crippen LogP contribution in [0.5, 0.6) is 0 Å². The summed E-state index contributed by atoms with van der Waals surface area (Å²) in [5.74, 6) is 0.255. The summed E-state index contributed by atoms with van der Waals surface area (Å²) in [6.45, 7) is 6.02. The second-order valence-corrected chi connectivity index (χ2v) is 4.60. The molecule has 2 unspecified atom stereocenters. The Morgan fingerprint density at radius 3 is 2.59 bits per heavy atom. The van der Waals surface area contributed by atoms with E-state index >= 15 is 0 Å². The third-order valence-corrected chi connectivity index (χ3v) is 3.36. The molecule has 2 atom stereocenters. The van der Waals surface area contributed by atoms with Crippen molar-refractivity contribution in [2.45, 2.75) is 33.2 Å². The molecule has 17 heavy (non-hydrogen) atoms. The molecule has 0 fully saturated rings. The van der Waals surface area contributed by atoms with Gasteiger partial charge in [0.1, 0.15) is 0 Å². The van der Waals surface area contributed by atoms with Crippen LogP contribution in [0.3, 0.4) is 0 Å². The number of carbonyl (C=O) groups is 1. The van der Waals surface area contributed by atoms with E-state index in [1.807, 2.05) is 52.1 Å². The number of rotatable bonds is 4. The number of hydrogen-bond donors (Lipinski definition) is 1. The number of nitrogen functional groups attached to an aromatic ring is 1. The van der Waals surface area contributed by atoms with Gasteiger partial charge in [0.2, 0.25) is 5.91 Å². The molecule has 1 rings (SSSR count). The zero-order chi connectivity index (χ0) is 13.0. The number of nitrogens with two attached hydrogens (primary N) is 1. The first-order valence-corrected chi connectivity index (χ1v) is 6.09. The summed E-state index contributed by atoms with van der Waals surface area (Å²) in [5.41, 5.74) is 7.56. The van der Waals surface area contributed by atoms with Crippen LogP contribution in [0.15, 0.2) is 24.3 Å². The molecule has 1 aromatic carbocycles. The van der Waals surface area contributed by atoms with E-state index in [-0.39, 0.29) is 17.9 Å². The van der Waals surface area contributed by atoms with Crippen molar-refractivity contribution in [3.05, 3.63) is 29.8 Å². The zero-order valence-electron chi connectivity index (χ0n) is 11.1. The van der Waals surface area contributed by atoms with E-state index < -0.39 is 0 Å². The Morgan fingerprint density at radius 2 is 2.06 bits per heavy atom. The fourth-order valence-corrected chi connectivity index (χ4v) is 1.76. The number of benzene rings is 1. The molecule has 1 amide bonds. The maximum Gasteiger partial charge on any atom is 0.225 e. The van der Waals surface area contributed by atoms with Gasteiger partial charge in [-0.2, -0.15) is 0 Å². The first kappa shape index (κ1) is 13.6. The lowest BCUT2D eigenvalue weighted by atomic mass is 10.0. The van der Waals surface area contributed by atoms with E-state index in [1.165, 1.54) is 0 Å².